The summed E-state index contributed by atoms with van der Waals surface area (Å²) in [4.78, 5) is 20.2. The van der Waals surface area contributed by atoms with Crippen LogP contribution in [0.3, 0.4) is 0 Å². The number of hydrogen-bond donors (Lipinski definition) is 1. The lowest BCUT2D eigenvalue weighted by molar-refractivity contribution is 0.155. The predicted octanol–water partition coefficient (Wildman–Crippen LogP) is 6.09. The van der Waals surface area contributed by atoms with E-state index in [9.17, 15) is 4.79 Å². The fourth-order valence-electron chi connectivity index (χ4n) is 3.27. The van der Waals surface area contributed by atoms with E-state index in [1.54, 1.807) is 47.6 Å². The molecule has 2 aromatic carbocycles. The molecule has 0 saturated carbocycles. The number of anilines is 1. The summed E-state index contributed by atoms with van der Waals surface area (Å²) in [6, 6.07) is 14.5. The van der Waals surface area contributed by atoms with Crippen LogP contribution in [0.5, 0.6) is 0 Å². The third-order valence-electron chi connectivity index (χ3n) is 5.01. The molecule has 0 unspecified atom stereocenters. The summed E-state index contributed by atoms with van der Waals surface area (Å²) in [6.45, 7) is 1.49. The van der Waals surface area contributed by atoms with E-state index in [0.29, 0.717) is 41.8 Å². The Labute approximate surface area is 200 Å². The molecule has 0 radical (unpaired) electrons. The number of nitrogens with one attached hydrogen (secondary N) is 1. The monoisotopic (exact) mass is 488 g/mol. The third kappa shape index (κ3) is 5.42. The number of thiazole rings is 1. The zero-order valence-electron chi connectivity index (χ0n) is 17.4. The molecule has 0 spiro atoms. The first-order valence-corrected chi connectivity index (χ1v) is 11.7. The van der Waals surface area contributed by atoms with E-state index in [1.807, 2.05) is 30.5 Å². The van der Waals surface area contributed by atoms with Gasteiger partial charge < -0.3 is 15.0 Å². The molecular formula is C23H22Cl2N4O2S. The lowest BCUT2D eigenvalue weighted by Gasteiger charge is -2.22. The molecular weight excluding hydrogens is 467 g/mol. The summed E-state index contributed by atoms with van der Waals surface area (Å²) >= 11 is 13.5. The van der Waals surface area contributed by atoms with Crippen LogP contribution >= 0.6 is 34.5 Å². The molecule has 2 amide bonds. The van der Waals surface area contributed by atoms with Crippen molar-refractivity contribution in [3.05, 3.63) is 75.8 Å². The zero-order valence-corrected chi connectivity index (χ0v) is 19.8. The van der Waals surface area contributed by atoms with E-state index in [0.717, 1.165) is 21.9 Å². The SMILES string of the molecule is COCCN(CCc1csc2nc(-c3ccc(Cl)cc3)cn12)C(=O)Nc1ccc(Cl)cc1. The minimum atomic E-state index is -0.177. The first-order valence-electron chi connectivity index (χ1n) is 10.1. The number of carbonyl (C=O) groups excluding carboxylic acids is 1. The molecule has 2 heterocycles. The van der Waals surface area contributed by atoms with Crippen LogP contribution in [0.4, 0.5) is 10.5 Å². The van der Waals surface area contributed by atoms with Crippen LogP contribution in [0.25, 0.3) is 16.2 Å². The van der Waals surface area contributed by atoms with Gasteiger partial charge in [-0.05, 0) is 36.4 Å². The summed E-state index contributed by atoms with van der Waals surface area (Å²) in [5.41, 5.74) is 3.70. The summed E-state index contributed by atoms with van der Waals surface area (Å²) in [6.07, 6.45) is 2.71. The number of aromatic nitrogens is 2. The standard InChI is InChI=1S/C23H22Cl2N4O2S/c1-31-13-12-28(22(30)26-19-8-6-18(25)7-9-19)11-10-20-15-32-23-27-21(14-29(20)23)16-2-4-17(24)5-3-16/h2-9,14-15H,10-13H2,1H3,(H,26,30). The van der Waals surface area contributed by atoms with Crippen LogP contribution in [-0.4, -0.2) is 47.1 Å². The van der Waals surface area contributed by atoms with Crippen molar-refractivity contribution in [1.82, 2.24) is 14.3 Å². The number of carbonyl (C=O) groups is 1. The molecule has 0 atom stereocenters. The molecule has 2 aromatic heterocycles. The van der Waals surface area contributed by atoms with Crippen molar-refractivity contribution < 1.29 is 9.53 Å². The Balaban J connectivity index is 1.46. The summed E-state index contributed by atoms with van der Waals surface area (Å²) in [7, 11) is 1.63. The molecule has 1 N–H and O–H groups in total. The minimum absolute atomic E-state index is 0.177. The number of halogens is 2. The molecule has 0 saturated heterocycles. The van der Waals surface area contributed by atoms with Crippen molar-refractivity contribution in [2.75, 3.05) is 32.1 Å². The quantitative estimate of drug-likeness (QED) is 0.326. The Bertz CT molecular complexity index is 1190. The topological polar surface area (TPSA) is 58.9 Å². The third-order valence-corrected chi connectivity index (χ3v) is 6.40. The van der Waals surface area contributed by atoms with Gasteiger partial charge in [0.2, 0.25) is 0 Å². The van der Waals surface area contributed by atoms with Crippen LogP contribution in [0.1, 0.15) is 5.69 Å². The number of methoxy groups -OCH3 is 1. The highest BCUT2D eigenvalue weighted by molar-refractivity contribution is 7.15. The molecule has 4 aromatic rings. The number of amides is 2. The van der Waals surface area contributed by atoms with Crippen LogP contribution in [0.15, 0.2) is 60.1 Å². The molecule has 0 fully saturated rings. The molecule has 0 bridgehead atoms. The van der Waals surface area contributed by atoms with Gasteiger partial charge >= 0.3 is 6.03 Å². The van der Waals surface area contributed by atoms with Gasteiger partial charge in [-0.1, -0.05) is 35.3 Å². The fraction of sp³-hybridized carbons (Fsp3) is 0.217. The number of nitrogens with zero attached hydrogens (tertiary/aromatic N) is 3. The van der Waals surface area contributed by atoms with E-state index in [-0.39, 0.29) is 6.03 Å². The zero-order chi connectivity index (χ0) is 22.5. The second-order valence-corrected chi connectivity index (χ2v) is 8.89. The Morgan fingerprint density at radius 3 is 2.47 bits per heavy atom. The van der Waals surface area contributed by atoms with E-state index >= 15 is 0 Å². The normalized spacial score (nSPS) is 11.1. The Morgan fingerprint density at radius 1 is 1.09 bits per heavy atom. The van der Waals surface area contributed by atoms with Crippen LogP contribution < -0.4 is 5.32 Å². The highest BCUT2D eigenvalue weighted by Crippen LogP contribution is 2.25. The summed E-state index contributed by atoms with van der Waals surface area (Å²) in [5.74, 6) is 0. The number of benzene rings is 2. The van der Waals surface area contributed by atoms with Gasteiger partial charge in [-0.2, -0.15) is 0 Å². The number of hydrogen-bond acceptors (Lipinski definition) is 4. The van der Waals surface area contributed by atoms with Crippen molar-refractivity contribution >= 4 is 51.2 Å². The van der Waals surface area contributed by atoms with Gasteiger partial charge in [0.05, 0.1) is 12.3 Å². The maximum atomic E-state index is 12.8. The largest absolute Gasteiger partial charge is 0.383 e. The lowest BCUT2D eigenvalue weighted by atomic mass is 10.2. The van der Waals surface area contributed by atoms with Gasteiger partial charge in [-0.25, -0.2) is 9.78 Å². The molecule has 0 aliphatic heterocycles. The summed E-state index contributed by atoms with van der Waals surface area (Å²) in [5, 5.41) is 6.33. The molecule has 6 nitrogen and oxygen atoms in total. The number of ether oxygens (including phenoxy) is 1. The van der Waals surface area contributed by atoms with Gasteiger partial charge in [-0.15, -0.1) is 11.3 Å². The first-order chi connectivity index (χ1) is 15.5. The second-order valence-electron chi connectivity index (χ2n) is 7.18. The number of imidazole rings is 1. The highest BCUT2D eigenvalue weighted by atomic mass is 35.5. The van der Waals surface area contributed by atoms with Gasteiger partial charge in [0.25, 0.3) is 0 Å². The van der Waals surface area contributed by atoms with E-state index < -0.39 is 0 Å². The van der Waals surface area contributed by atoms with E-state index in [4.69, 9.17) is 32.9 Å². The van der Waals surface area contributed by atoms with E-state index in [1.165, 1.54) is 0 Å². The number of urea groups is 1. The molecule has 166 valence electrons. The smallest absolute Gasteiger partial charge is 0.321 e. The second kappa shape index (κ2) is 10.4. The molecule has 32 heavy (non-hydrogen) atoms. The Morgan fingerprint density at radius 2 is 1.78 bits per heavy atom. The van der Waals surface area contributed by atoms with Crippen LogP contribution in [0.2, 0.25) is 10.0 Å². The maximum absolute atomic E-state index is 12.8. The van der Waals surface area contributed by atoms with Crippen molar-refractivity contribution in [2.24, 2.45) is 0 Å². The Kier molecular flexibility index (Phi) is 7.32. The van der Waals surface area contributed by atoms with Crippen LogP contribution in [-0.2, 0) is 11.2 Å². The van der Waals surface area contributed by atoms with Crippen molar-refractivity contribution in [1.29, 1.82) is 0 Å². The van der Waals surface area contributed by atoms with Gasteiger partial charge in [-0.3, -0.25) is 4.40 Å². The average molecular weight is 489 g/mol. The maximum Gasteiger partial charge on any atom is 0.321 e. The van der Waals surface area contributed by atoms with Gasteiger partial charge in [0, 0.05) is 65.2 Å². The first kappa shape index (κ1) is 22.6. The lowest BCUT2D eigenvalue weighted by Crippen LogP contribution is -2.38. The molecule has 0 aliphatic carbocycles. The number of fused-ring (bicyclic) bond motifs is 1. The predicted molar refractivity (Wildman–Crippen MR) is 131 cm³/mol. The highest BCUT2D eigenvalue weighted by Gasteiger charge is 2.16. The average Bonchev–Trinajstić information content (AvgIpc) is 3.37. The van der Waals surface area contributed by atoms with Crippen molar-refractivity contribution in [2.45, 2.75) is 6.42 Å². The summed E-state index contributed by atoms with van der Waals surface area (Å²) < 4.78 is 7.28. The molecule has 0 aliphatic rings. The Hall–Kier alpha value is -2.58. The minimum Gasteiger partial charge on any atom is -0.383 e. The van der Waals surface area contributed by atoms with Gasteiger partial charge in [0.1, 0.15) is 0 Å². The van der Waals surface area contributed by atoms with Crippen LogP contribution in [0, 0.1) is 0 Å². The van der Waals surface area contributed by atoms with E-state index in [2.05, 4.69) is 15.1 Å². The molecule has 9 heteroatoms. The number of rotatable bonds is 8. The van der Waals surface area contributed by atoms with Crippen molar-refractivity contribution in [3.8, 4) is 11.3 Å². The van der Waals surface area contributed by atoms with Crippen molar-refractivity contribution in [3.63, 3.8) is 0 Å². The van der Waals surface area contributed by atoms with Gasteiger partial charge in [0.15, 0.2) is 4.96 Å². The fourth-order valence-corrected chi connectivity index (χ4v) is 4.43. The molecule has 4 rings (SSSR count).